The zero-order chi connectivity index (χ0) is 19.2. The van der Waals surface area contributed by atoms with Gasteiger partial charge in [0.1, 0.15) is 5.76 Å². The lowest BCUT2D eigenvalue weighted by atomic mass is 10.1. The molecule has 1 amide bonds. The second kappa shape index (κ2) is 9.00. The third-order valence-corrected chi connectivity index (χ3v) is 5.06. The van der Waals surface area contributed by atoms with Gasteiger partial charge < -0.3 is 9.73 Å². The van der Waals surface area contributed by atoms with E-state index in [0.717, 1.165) is 18.8 Å². The first kappa shape index (κ1) is 20.2. The van der Waals surface area contributed by atoms with Crippen LogP contribution in [0.2, 0.25) is 0 Å². The normalized spacial score (nSPS) is 12.9. The number of rotatable bonds is 9. The Morgan fingerprint density at radius 2 is 1.92 bits per heavy atom. The van der Waals surface area contributed by atoms with Crippen molar-refractivity contribution in [1.82, 2.24) is 10.2 Å². The van der Waals surface area contributed by atoms with E-state index in [1.807, 2.05) is 12.1 Å². The van der Waals surface area contributed by atoms with Crippen LogP contribution in [0.15, 0.2) is 47.1 Å². The van der Waals surface area contributed by atoms with Crippen LogP contribution >= 0.6 is 0 Å². The average Bonchev–Trinajstić information content (AvgIpc) is 3.11. The first-order valence-corrected chi connectivity index (χ1v) is 10.7. The number of carbonyl (C=O) groups is 1. The Morgan fingerprint density at radius 1 is 1.19 bits per heavy atom. The van der Waals surface area contributed by atoms with Gasteiger partial charge in [0.25, 0.3) is 5.91 Å². The molecule has 0 bridgehead atoms. The number of amides is 1. The van der Waals surface area contributed by atoms with E-state index in [2.05, 4.69) is 24.1 Å². The van der Waals surface area contributed by atoms with Crippen LogP contribution in [-0.4, -0.2) is 45.1 Å². The molecule has 6 nitrogen and oxygen atoms in total. The van der Waals surface area contributed by atoms with Gasteiger partial charge in [-0.2, -0.15) is 0 Å². The quantitative estimate of drug-likeness (QED) is 0.726. The van der Waals surface area contributed by atoms with Crippen molar-refractivity contribution < 1.29 is 17.6 Å². The summed E-state index contributed by atoms with van der Waals surface area (Å²) in [5, 5.41) is 2.94. The number of hydrogen-bond acceptors (Lipinski definition) is 5. The maximum atomic E-state index is 12.5. The Kier molecular flexibility index (Phi) is 6.99. The second-order valence-corrected chi connectivity index (χ2v) is 8.37. The molecule has 1 N–H and O–H groups in total. The van der Waals surface area contributed by atoms with E-state index in [9.17, 15) is 13.2 Å². The fourth-order valence-corrected chi connectivity index (χ4v) is 3.74. The molecular formula is C19H26N2O4S. The van der Waals surface area contributed by atoms with Crippen molar-refractivity contribution in [1.29, 1.82) is 0 Å². The highest BCUT2D eigenvalue weighted by atomic mass is 32.2. The van der Waals surface area contributed by atoms with Gasteiger partial charge in [-0.3, -0.25) is 9.69 Å². The lowest BCUT2D eigenvalue weighted by molar-refractivity contribution is 0.0929. The molecule has 0 spiro atoms. The highest BCUT2D eigenvalue weighted by molar-refractivity contribution is 7.89. The molecule has 0 aliphatic heterocycles. The Labute approximate surface area is 155 Å². The summed E-state index contributed by atoms with van der Waals surface area (Å²) in [7, 11) is -3.14. The fraction of sp³-hybridized carbons (Fsp3) is 0.421. The molecule has 1 heterocycles. The van der Waals surface area contributed by atoms with Crippen LogP contribution in [0.25, 0.3) is 0 Å². The Morgan fingerprint density at radius 3 is 2.50 bits per heavy atom. The van der Waals surface area contributed by atoms with Crippen molar-refractivity contribution in [3.05, 3.63) is 59.5 Å². The Balaban J connectivity index is 2.09. The summed E-state index contributed by atoms with van der Waals surface area (Å²) in [4.78, 5) is 14.7. The molecule has 0 aliphatic carbocycles. The molecule has 2 rings (SSSR count). The first-order valence-electron chi connectivity index (χ1n) is 8.66. The van der Waals surface area contributed by atoms with E-state index >= 15 is 0 Å². The van der Waals surface area contributed by atoms with Crippen molar-refractivity contribution in [2.24, 2.45) is 0 Å². The molecular weight excluding hydrogens is 352 g/mol. The average molecular weight is 378 g/mol. The van der Waals surface area contributed by atoms with Gasteiger partial charge in [-0.25, -0.2) is 8.42 Å². The molecule has 1 atom stereocenters. The predicted octanol–water partition coefficient (Wildman–Crippen LogP) is 2.64. The number of furan rings is 1. The molecule has 1 unspecified atom stereocenters. The number of hydrogen-bond donors (Lipinski definition) is 1. The maximum Gasteiger partial charge on any atom is 0.251 e. The highest BCUT2D eigenvalue weighted by Crippen LogP contribution is 2.20. The number of sulfone groups is 1. The molecule has 2 aromatic rings. The summed E-state index contributed by atoms with van der Waals surface area (Å²) in [6.45, 7) is 6.21. The lowest BCUT2D eigenvalue weighted by Gasteiger charge is -2.28. The van der Waals surface area contributed by atoms with Crippen LogP contribution < -0.4 is 5.32 Å². The maximum absolute atomic E-state index is 12.5. The van der Waals surface area contributed by atoms with E-state index in [1.165, 1.54) is 6.26 Å². The standard InChI is InChI=1S/C19H26N2O4S/c1-4-21(5-2)17(18-10-7-11-25-18)13-20-19(22)16-9-6-8-15(12-16)14-26(3,23)24/h6-12,17H,4-5,13-14H2,1-3H3,(H,20,22). The molecule has 0 aliphatic rings. The van der Waals surface area contributed by atoms with Crippen molar-refractivity contribution in [2.75, 3.05) is 25.9 Å². The summed E-state index contributed by atoms with van der Waals surface area (Å²) >= 11 is 0. The summed E-state index contributed by atoms with van der Waals surface area (Å²) in [5.74, 6) is 0.492. The third-order valence-electron chi connectivity index (χ3n) is 4.20. The minimum atomic E-state index is -3.14. The van der Waals surface area contributed by atoms with Gasteiger partial charge in [0.05, 0.1) is 18.1 Å². The highest BCUT2D eigenvalue weighted by Gasteiger charge is 2.21. The zero-order valence-electron chi connectivity index (χ0n) is 15.4. The van der Waals surface area contributed by atoms with E-state index in [-0.39, 0.29) is 17.7 Å². The monoisotopic (exact) mass is 378 g/mol. The minimum Gasteiger partial charge on any atom is -0.468 e. The number of likely N-dealkylation sites (N-methyl/N-ethyl adjacent to an activating group) is 1. The number of carbonyl (C=O) groups excluding carboxylic acids is 1. The lowest BCUT2D eigenvalue weighted by Crippen LogP contribution is -2.38. The summed E-state index contributed by atoms with van der Waals surface area (Å²) < 4.78 is 28.4. The summed E-state index contributed by atoms with van der Waals surface area (Å²) in [6, 6.07) is 10.4. The molecule has 0 fully saturated rings. The van der Waals surface area contributed by atoms with Gasteiger partial charge >= 0.3 is 0 Å². The van der Waals surface area contributed by atoms with Gasteiger partial charge in [-0.05, 0) is 42.9 Å². The zero-order valence-corrected chi connectivity index (χ0v) is 16.3. The second-order valence-electron chi connectivity index (χ2n) is 6.23. The van der Waals surface area contributed by atoms with Gasteiger partial charge in [0.15, 0.2) is 9.84 Å². The molecule has 0 saturated carbocycles. The third kappa shape index (κ3) is 5.71. The van der Waals surface area contributed by atoms with Crippen LogP contribution in [0.1, 0.15) is 41.6 Å². The predicted molar refractivity (Wildman–Crippen MR) is 102 cm³/mol. The number of nitrogens with zero attached hydrogens (tertiary/aromatic N) is 1. The van der Waals surface area contributed by atoms with E-state index in [0.29, 0.717) is 17.7 Å². The van der Waals surface area contributed by atoms with Crippen LogP contribution in [0.5, 0.6) is 0 Å². The van der Waals surface area contributed by atoms with Crippen molar-refractivity contribution in [3.8, 4) is 0 Å². The minimum absolute atomic E-state index is 0.0526. The van der Waals surface area contributed by atoms with Gasteiger partial charge in [-0.15, -0.1) is 0 Å². The van der Waals surface area contributed by atoms with Crippen LogP contribution in [-0.2, 0) is 15.6 Å². The van der Waals surface area contributed by atoms with Crippen molar-refractivity contribution in [3.63, 3.8) is 0 Å². The van der Waals surface area contributed by atoms with E-state index < -0.39 is 9.84 Å². The van der Waals surface area contributed by atoms with Crippen LogP contribution in [0, 0.1) is 0 Å². The number of benzene rings is 1. The van der Waals surface area contributed by atoms with Gasteiger partial charge in [0.2, 0.25) is 0 Å². The van der Waals surface area contributed by atoms with E-state index in [1.54, 1.807) is 30.5 Å². The smallest absolute Gasteiger partial charge is 0.251 e. The van der Waals surface area contributed by atoms with Crippen molar-refractivity contribution in [2.45, 2.75) is 25.6 Å². The molecule has 7 heteroatoms. The molecule has 1 aromatic carbocycles. The summed E-state index contributed by atoms with van der Waals surface area (Å²) in [6.07, 6.45) is 2.81. The summed E-state index contributed by atoms with van der Waals surface area (Å²) in [5.41, 5.74) is 1.05. The molecule has 26 heavy (non-hydrogen) atoms. The van der Waals surface area contributed by atoms with Gasteiger partial charge in [0, 0.05) is 18.4 Å². The molecule has 0 saturated heterocycles. The van der Waals surface area contributed by atoms with Crippen molar-refractivity contribution >= 4 is 15.7 Å². The van der Waals surface area contributed by atoms with Crippen LogP contribution in [0.3, 0.4) is 0 Å². The Hall–Kier alpha value is -2.12. The Bertz CT molecular complexity index is 812. The first-order chi connectivity index (χ1) is 12.3. The number of nitrogens with one attached hydrogen (secondary N) is 1. The SMILES string of the molecule is CCN(CC)C(CNC(=O)c1cccc(CS(C)(=O)=O)c1)c1ccco1. The van der Waals surface area contributed by atoms with Crippen LogP contribution in [0.4, 0.5) is 0 Å². The molecule has 1 aromatic heterocycles. The fourth-order valence-electron chi connectivity index (χ4n) is 2.95. The molecule has 0 radical (unpaired) electrons. The van der Waals surface area contributed by atoms with E-state index in [4.69, 9.17) is 4.42 Å². The largest absolute Gasteiger partial charge is 0.468 e. The topological polar surface area (TPSA) is 79.6 Å². The molecule has 142 valence electrons. The van der Waals surface area contributed by atoms with Gasteiger partial charge in [-0.1, -0.05) is 26.0 Å².